The Bertz CT molecular complexity index is 739. The zero-order valence-corrected chi connectivity index (χ0v) is 13.3. The topological polar surface area (TPSA) is 45.2 Å². The first kappa shape index (κ1) is 13.0. The number of thiazole rings is 1. The largest absolute Gasteiger partial charge is 0.352 e. The minimum Gasteiger partial charge on any atom is -0.352 e. The predicted molar refractivity (Wildman–Crippen MR) is 88.6 cm³/mol. The lowest BCUT2D eigenvalue weighted by molar-refractivity contribution is 0.547. The van der Waals surface area contributed by atoms with Crippen molar-refractivity contribution in [3.63, 3.8) is 0 Å². The summed E-state index contributed by atoms with van der Waals surface area (Å²) in [6.45, 7) is 5.15. The molecule has 4 heterocycles. The first-order valence-electron chi connectivity index (χ1n) is 6.92. The van der Waals surface area contributed by atoms with Gasteiger partial charge in [-0.3, -0.25) is 0 Å². The van der Waals surface area contributed by atoms with Crippen molar-refractivity contribution in [2.24, 2.45) is 0 Å². The molecule has 7 heteroatoms. The number of rotatable bonds is 2. The van der Waals surface area contributed by atoms with E-state index >= 15 is 0 Å². The second kappa shape index (κ2) is 5.23. The van der Waals surface area contributed by atoms with Gasteiger partial charge in [-0.25, -0.2) is 15.0 Å². The molecule has 1 saturated heterocycles. The fourth-order valence-corrected chi connectivity index (χ4v) is 4.32. The van der Waals surface area contributed by atoms with E-state index in [4.69, 9.17) is 0 Å². The molecule has 1 atom stereocenters. The van der Waals surface area contributed by atoms with E-state index in [1.54, 1.807) is 29.0 Å². The predicted octanol–water partition coefficient (Wildman–Crippen LogP) is 2.86. The second-order valence-corrected chi connectivity index (χ2v) is 6.91. The van der Waals surface area contributed by atoms with Gasteiger partial charge in [0.25, 0.3) is 0 Å². The molecule has 4 rings (SSSR count). The van der Waals surface area contributed by atoms with Gasteiger partial charge >= 0.3 is 0 Å². The summed E-state index contributed by atoms with van der Waals surface area (Å²) in [5, 5.41) is 6.40. The Balaban J connectivity index is 1.60. The van der Waals surface area contributed by atoms with Crippen LogP contribution in [0.4, 0.5) is 10.9 Å². The van der Waals surface area contributed by atoms with E-state index in [2.05, 4.69) is 43.1 Å². The molecule has 21 heavy (non-hydrogen) atoms. The van der Waals surface area contributed by atoms with Crippen LogP contribution in [0.3, 0.4) is 0 Å². The zero-order valence-electron chi connectivity index (χ0n) is 11.6. The molecule has 0 amide bonds. The van der Waals surface area contributed by atoms with Crippen molar-refractivity contribution in [1.29, 1.82) is 0 Å². The average Bonchev–Trinajstić information content (AvgIpc) is 3.17. The maximum Gasteiger partial charge on any atom is 0.185 e. The molecule has 0 spiro atoms. The van der Waals surface area contributed by atoms with Crippen molar-refractivity contribution >= 4 is 43.8 Å². The normalized spacial score (nSPS) is 19.4. The summed E-state index contributed by atoms with van der Waals surface area (Å²) in [6.07, 6.45) is 3.55. The molecule has 0 radical (unpaired) electrons. The maximum absolute atomic E-state index is 4.51. The number of piperazine rings is 1. The minimum atomic E-state index is 0.425. The quantitative estimate of drug-likeness (QED) is 0.727. The number of anilines is 2. The summed E-state index contributed by atoms with van der Waals surface area (Å²) >= 11 is 3.37. The Morgan fingerprint density at radius 3 is 2.90 bits per heavy atom. The lowest BCUT2D eigenvalue weighted by atomic mass is 10.2. The molecule has 0 bridgehead atoms. The Kier molecular flexibility index (Phi) is 3.23. The Hall–Kier alpha value is -1.73. The number of aromatic nitrogens is 3. The van der Waals surface area contributed by atoms with Crippen LogP contribution in [0.5, 0.6) is 0 Å². The van der Waals surface area contributed by atoms with Crippen LogP contribution < -0.4 is 9.80 Å². The molecule has 1 aliphatic heterocycles. The summed E-state index contributed by atoms with van der Waals surface area (Å²) in [5.41, 5.74) is 0. The molecule has 0 saturated carbocycles. The van der Waals surface area contributed by atoms with Gasteiger partial charge in [0, 0.05) is 37.3 Å². The Labute approximate surface area is 130 Å². The first-order valence-corrected chi connectivity index (χ1v) is 8.68. The van der Waals surface area contributed by atoms with Gasteiger partial charge in [0.2, 0.25) is 0 Å². The van der Waals surface area contributed by atoms with E-state index in [0.29, 0.717) is 6.04 Å². The molecule has 3 aromatic heterocycles. The van der Waals surface area contributed by atoms with E-state index < -0.39 is 0 Å². The number of fused-ring (bicyclic) bond motifs is 1. The standard InChI is InChI=1S/C14H15N5S2/c1-10-8-18(4-5-19(10)14-15-3-7-21-14)12-11-2-6-20-13(11)17-9-16-12/h2-3,6-7,9-10H,4-5,8H2,1H3/t10-/m1/s1. The van der Waals surface area contributed by atoms with Crippen LogP contribution in [0.2, 0.25) is 0 Å². The number of thiophene rings is 1. The van der Waals surface area contributed by atoms with E-state index in [-0.39, 0.29) is 0 Å². The van der Waals surface area contributed by atoms with Gasteiger partial charge in [0.1, 0.15) is 17.0 Å². The minimum absolute atomic E-state index is 0.425. The third-order valence-corrected chi connectivity index (χ3v) is 5.46. The third kappa shape index (κ3) is 2.26. The lowest BCUT2D eigenvalue weighted by Crippen LogP contribution is -2.52. The van der Waals surface area contributed by atoms with Gasteiger partial charge in [0.15, 0.2) is 5.13 Å². The molecule has 108 valence electrons. The van der Waals surface area contributed by atoms with Crippen molar-refractivity contribution in [2.75, 3.05) is 29.4 Å². The van der Waals surface area contributed by atoms with Crippen LogP contribution in [-0.2, 0) is 0 Å². The molecule has 0 unspecified atom stereocenters. The molecule has 0 N–H and O–H groups in total. The molecule has 0 aliphatic carbocycles. The fourth-order valence-electron chi connectivity index (χ4n) is 2.82. The zero-order chi connectivity index (χ0) is 14.2. The SMILES string of the molecule is C[C@@H]1CN(c2ncnc3sccc23)CCN1c1nccs1. The van der Waals surface area contributed by atoms with E-state index in [0.717, 1.165) is 40.8 Å². The van der Waals surface area contributed by atoms with Crippen molar-refractivity contribution < 1.29 is 0 Å². The van der Waals surface area contributed by atoms with Crippen molar-refractivity contribution in [2.45, 2.75) is 13.0 Å². The van der Waals surface area contributed by atoms with Gasteiger partial charge in [-0.2, -0.15) is 0 Å². The molecular weight excluding hydrogens is 302 g/mol. The van der Waals surface area contributed by atoms with Gasteiger partial charge < -0.3 is 9.80 Å². The smallest absolute Gasteiger partial charge is 0.185 e. The van der Waals surface area contributed by atoms with Gasteiger partial charge in [-0.15, -0.1) is 22.7 Å². The third-order valence-electron chi connectivity index (χ3n) is 3.83. The van der Waals surface area contributed by atoms with Gasteiger partial charge in [-0.05, 0) is 18.4 Å². The van der Waals surface area contributed by atoms with Crippen LogP contribution in [-0.4, -0.2) is 40.6 Å². The lowest BCUT2D eigenvalue weighted by Gasteiger charge is -2.40. The number of hydrogen-bond donors (Lipinski definition) is 0. The fraction of sp³-hybridized carbons (Fsp3) is 0.357. The van der Waals surface area contributed by atoms with Crippen LogP contribution >= 0.6 is 22.7 Å². The van der Waals surface area contributed by atoms with Crippen LogP contribution in [0.25, 0.3) is 10.2 Å². The highest BCUT2D eigenvalue weighted by Gasteiger charge is 2.27. The maximum atomic E-state index is 4.51. The molecule has 3 aromatic rings. The Morgan fingerprint density at radius 2 is 2.10 bits per heavy atom. The summed E-state index contributed by atoms with van der Waals surface area (Å²) < 4.78 is 0. The Morgan fingerprint density at radius 1 is 1.14 bits per heavy atom. The monoisotopic (exact) mass is 317 g/mol. The van der Waals surface area contributed by atoms with E-state index in [1.807, 2.05) is 11.6 Å². The first-order chi connectivity index (χ1) is 10.3. The van der Waals surface area contributed by atoms with Crippen molar-refractivity contribution in [3.05, 3.63) is 29.4 Å². The highest BCUT2D eigenvalue weighted by atomic mass is 32.1. The van der Waals surface area contributed by atoms with E-state index in [1.165, 1.54) is 0 Å². The average molecular weight is 317 g/mol. The van der Waals surface area contributed by atoms with Gasteiger partial charge in [0.05, 0.1) is 5.39 Å². The van der Waals surface area contributed by atoms with Gasteiger partial charge in [-0.1, -0.05) is 0 Å². The molecule has 5 nitrogen and oxygen atoms in total. The molecule has 0 aromatic carbocycles. The number of nitrogens with zero attached hydrogens (tertiary/aromatic N) is 5. The van der Waals surface area contributed by atoms with Crippen LogP contribution in [0.15, 0.2) is 29.4 Å². The van der Waals surface area contributed by atoms with Crippen LogP contribution in [0, 0.1) is 0 Å². The molecule has 1 aliphatic rings. The second-order valence-electron chi connectivity index (χ2n) is 5.14. The molecule has 1 fully saturated rings. The highest BCUT2D eigenvalue weighted by molar-refractivity contribution is 7.16. The summed E-state index contributed by atoms with van der Waals surface area (Å²) in [7, 11) is 0. The van der Waals surface area contributed by atoms with Crippen molar-refractivity contribution in [1.82, 2.24) is 15.0 Å². The summed E-state index contributed by atoms with van der Waals surface area (Å²) in [6, 6.07) is 2.54. The van der Waals surface area contributed by atoms with E-state index in [9.17, 15) is 0 Å². The number of hydrogen-bond acceptors (Lipinski definition) is 7. The summed E-state index contributed by atoms with van der Waals surface area (Å²) in [5.74, 6) is 1.06. The summed E-state index contributed by atoms with van der Waals surface area (Å²) in [4.78, 5) is 19.1. The van der Waals surface area contributed by atoms with Crippen molar-refractivity contribution in [3.8, 4) is 0 Å². The molecular formula is C14H15N5S2. The van der Waals surface area contributed by atoms with Crippen LogP contribution in [0.1, 0.15) is 6.92 Å². The highest BCUT2D eigenvalue weighted by Crippen LogP contribution is 2.29.